The van der Waals surface area contributed by atoms with Crippen molar-refractivity contribution in [2.45, 2.75) is 75.2 Å². The highest BCUT2D eigenvalue weighted by Gasteiger charge is 2.63. The number of hydrogen-bond donors (Lipinski definition) is 4. The smallest absolute Gasteiger partial charge is 0.270 e. The first-order valence-electron chi connectivity index (χ1n) is 18.5. The number of nitrogens with one attached hydrogen (secondary N) is 4. The van der Waals surface area contributed by atoms with E-state index in [0.717, 1.165) is 47.2 Å². The quantitative estimate of drug-likeness (QED) is 0.170. The number of aryl methyl sites for hydroxylation is 1. The number of ether oxygens (including phenoxy) is 2. The van der Waals surface area contributed by atoms with Crippen molar-refractivity contribution in [1.29, 1.82) is 0 Å². The van der Waals surface area contributed by atoms with E-state index in [4.69, 9.17) is 14.5 Å². The molecule has 4 fully saturated rings. The van der Waals surface area contributed by atoms with Crippen LogP contribution in [0.5, 0.6) is 5.75 Å². The minimum atomic E-state index is -1.21. The highest BCUT2D eigenvalue weighted by molar-refractivity contribution is 6.60. The number of aromatic nitrogens is 4. The number of carbonyl (C=O) groups excluding carboxylic acids is 3. The van der Waals surface area contributed by atoms with E-state index in [-0.39, 0.29) is 35.7 Å². The predicted octanol–water partition coefficient (Wildman–Crippen LogP) is 4.11. The van der Waals surface area contributed by atoms with Gasteiger partial charge in [0.2, 0.25) is 11.8 Å². The lowest BCUT2D eigenvalue weighted by atomic mass is 9.41. The fraction of sp³-hybridized carbons (Fsp3) is 0.513. The van der Waals surface area contributed by atoms with Gasteiger partial charge in [0.05, 0.1) is 44.5 Å². The molecular weight excluding hydrogens is 675 g/mol. The molecule has 2 unspecified atom stereocenters. The van der Waals surface area contributed by atoms with Crippen LogP contribution in [0.3, 0.4) is 0 Å². The second-order valence-corrected chi connectivity index (χ2v) is 18.5. The Labute approximate surface area is 305 Å². The molecule has 2 aliphatic heterocycles. The van der Waals surface area contributed by atoms with Gasteiger partial charge in [-0.3, -0.25) is 19.1 Å². The van der Waals surface area contributed by atoms with Crippen LogP contribution in [0, 0.1) is 17.3 Å². The zero-order chi connectivity index (χ0) is 36.4. The number of rotatable bonds is 11. The van der Waals surface area contributed by atoms with E-state index in [2.05, 4.69) is 52.1 Å². The second kappa shape index (κ2) is 12.9. The van der Waals surface area contributed by atoms with E-state index in [1.807, 2.05) is 43.3 Å². The molecule has 13 heteroatoms. The largest absolute Gasteiger partial charge is 0.493 e. The van der Waals surface area contributed by atoms with Crippen molar-refractivity contribution < 1.29 is 23.9 Å². The van der Waals surface area contributed by atoms with Crippen molar-refractivity contribution in [3.05, 3.63) is 77.4 Å². The van der Waals surface area contributed by atoms with Gasteiger partial charge in [0, 0.05) is 42.4 Å². The Morgan fingerprint density at radius 2 is 1.88 bits per heavy atom. The molecule has 2 aromatic carbocycles. The van der Waals surface area contributed by atoms with Crippen LogP contribution in [0.4, 0.5) is 0 Å². The summed E-state index contributed by atoms with van der Waals surface area (Å²) < 4.78 is 13.8. The van der Waals surface area contributed by atoms with Crippen molar-refractivity contribution in [2.75, 3.05) is 26.4 Å². The third-order valence-corrected chi connectivity index (χ3v) is 15.3. The first-order valence-corrected chi connectivity index (χ1v) is 21.0. The van der Waals surface area contributed by atoms with Crippen LogP contribution in [-0.4, -0.2) is 78.7 Å². The van der Waals surface area contributed by atoms with Crippen LogP contribution in [0.15, 0.2) is 54.7 Å². The Balaban J connectivity index is 1.20. The molecule has 3 amide bonds. The summed E-state index contributed by atoms with van der Waals surface area (Å²) in [5, 5.41) is 13.4. The first-order chi connectivity index (χ1) is 25.0. The predicted molar refractivity (Wildman–Crippen MR) is 197 cm³/mol. The van der Waals surface area contributed by atoms with E-state index in [1.165, 1.54) is 0 Å². The van der Waals surface area contributed by atoms with E-state index in [1.54, 1.807) is 24.0 Å². The number of H-pyrrole nitrogens is 1. The van der Waals surface area contributed by atoms with Crippen LogP contribution in [0.2, 0.25) is 13.1 Å². The molecule has 4 heterocycles. The molecule has 273 valence electrons. The maximum atomic E-state index is 14.4. The van der Waals surface area contributed by atoms with Crippen LogP contribution >= 0.6 is 0 Å². The third kappa shape index (κ3) is 5.21. The minimum absolute atomic E-state index is 0.0495. The van der Waals surface area contributed by atoms with Gasteiger partial charge in [-0.25, -0.2) is 4.98 Å². The summed E-state index contributed by atoms with van der Waals surface area (Å²) in [4.78, 5) is 50.6. The average molecular weight is 723 g/mol. The maximum absolute atomic E-state index is 14.4. The second-order valence-electron chi connectivity index (χ2n) is 15.7. The van der Waals surface area contributed by atoms with Gasteiger partial charge in [-0.1, -0.05) is 44.3 Å². The topological polar surface area (TPSA) is 152 Å². The van der Waals surface area contributed by atoms with E-state index < -0.39 is 31.3 Å². The molecule has 4 aromatic rings. The highest BCUT2D eigenvalue weighted by Crippen LogP contribution is 2.66. The summed E-state index contributed by atoms with van der Waals surface area (Å²) in [5.41, 5.74) is 2.70. The molecule has 0 spiro atoms. The maximum Gasteiger partial charge on any atom is 0.270 e. The highest BCUT2D eigenvalue weighted by atomic mass is 28.3. The molecule has 12 nitrogen and oxygen atoms in total. The molecule has 9 rings (SSSR count). The summed E-state index contributed by atoms with van der Waals surface area (Å²) >= 11 is 0. The summed E-state index contributed by atoms with van der Waals surface area (Å²) in [6.07, 6.45) is 5.07. The number of likely N-dealkylation sites (N-methyl/N-ethyl adjacent to an activating group) is 1. The number of imidazole rings is 1. The van der Waals surface area contributed by atoms with Gasteiger partial charge in [0.1, 0.15) is 23.3 Å². The SMILES string of the molecule is CCNC(=O)[C@H](NC(=O)C1(c2ccc3nc([C@@H](NC(=O)c4ccnn4C)[C@]4([Si](C)C)c5ccccc5OCC4C)[nH]c3c2)CCOC1)C12CC(C1)C2. The summed E-state index contributed by atoms with van der Waals surface area (Å²) in [6, 6.07) is 14.7. The van der Waals surface area contributed by atoms with Gasteiger partial charge in [0.25, 0.3) is 5.91 Å². The molecule has 2 bridgehead atoms. The normalized spacial score (nSPS) is 28.6. The summed E-state index contributed by atoms with van der Waals surface area (Å²) in [7, 11) is 0.549. The van der Waals surface area contributed by atoms with Crippen LogP contribution in [0.1, 0.15) is 73.0 Å². The molecule has 3 saturated carbocycles. The molecule has 4 N–H and O–H groups in total. The number of aromatic amines is 1. The number of para-hydroxylation sites is 1. The van der Waals surface area contributed by atoms with Gasteiger partial charge in [0.15, 0.2) is 0 Å². The van der Waals surface area contributed by atoms with Crippen LogP contribution in [0.25, 0.3) is 11.0 Å². The Bertz CT molecular complexity index is 2020. The molecule has 1 saturated heterocycles. The number of hydrogen-bond acceptors (Lipinski definition) is 7. The van der Waals surface area contributed by atoms with Crippen LogP contribution < -0.4 is 20.7 Å². The monoisotopic (exact) mass is 722 g/mol. The van der Waals surface area contributed by atoms with Crippen molar-refractivity contribution >= 4 is 37.6 Å². The molecule has 2 aromatic heterocycles. The Morgan fingerprint density at radius 3 is 2.54 bits per heavy atom. The number of carbonyl (C=O) groups is 3. The molecular formula is C39H48N7O5Si. The Morgan fingerprint density at radius 1 is 1.10 bits per heavy atom. The zero-order valence-corrected chi connectivity index (χ0v) is 31.5. The van der Waals surface area contributed by atoms with Crippen molar-refractivity contribution in [2.24, 2.45) is 24.3 Å². The molecule has 52 heavy (non-hydrogen) atoms. The lowest BCUT2D eigenvalue weighted by Gasteiger charge is -2.64. The molecule has 5 aliphatic rings. The zero-order valence-electron chi connectivity index (χ0n) is 30.5. The van der Waals surface area contributed by atoms with Gasteiger partial charge in [-0.2, -0.15) is 5.10 Å². The minimum Gasteiger partial charge on any atom is -0.493 e. The number of fused-ring (bicyclic) bond motifs is 2. The number of nitrogens with zero attached hydrogens (tertiary/aromatic N) is 3. The Hall–Kier alpha value is -4.49. The van der Waals surface area contributed by atoms with Crippen molar-refractivity contribution in [3.8, 4) is 5.75 Å². The first kappa shape index (κ1) is 34.6. The molecule has 5 atom stereocenters. The Kier molecular flexibility index (Phi) is 8.56. The summed E-state index contributed by atoms with van der Waals surface area (Å²) in [6.45, 7) is 10.4. The fourth-order valence-corrected chi connectivity index (χ4v) is 12.3. The van der Waals surface area contributed by atoms with Crippen LogP contribution in [-0.2, 0) is 31.8 Å². The lowest BCUT2D eigenvalue weighted by molar-refractivity contribution is -0.161. The molecule has 1 radical (unpaired) electrons. The van der Waals surface area contributed by atoms with Gasteiger partial charge < -0.3 is 30.4 Å². The van der Waals surface area contributed by atoms with Gasteiger partial charge in [-0.05, 0) is 74.3 Å². The molecule has 3 aliphatic carbocycles. The van der Waals surface area contributed by atoms with E-state index in [9.17, 15) is 14.4 Å². The van der Waals surface area contributed by atoms with E-state index >= 15 is 0 Å². The number of amides is 3. The standard InChI is InChI=1S/C39H48N7O5Si/c1-6-40-35(48)32(37-18-24(19-37)20-37)45-36(49)38(14-16-50-22-38)25-11-12-27-28(17-25)43-33(42-27)31(44-34(47)29-13-15-41-46(29)3)39(52(4)5)23(2)21-51-30-10-8-7-9-26(30)39/h7-13,15,17,23-24,31-32H,6,14,16,18-22H2,1-5H3,(H,40,48)(H,42,43)(H,44,47)(H,45,49)/t23?,24?,31-,32+,37?,38?,39-/m1/s1. The third-order valence-electron chi connectivity index (χ3n) is 12.6. The lowest BCUT2D eigenvalue weighted by Crippen LogP contribution is -2.69. The summed E-state index contributed by atoms with van der Waals surface area (Å²) in [5.74, 6) is 1.65. The van der Waals surface area contributed by atoms with Gasteiger partial charge in [-0.15, -0.1) is 0 Å². The average Bonchev–Trinajstić information content (AvgIpc) is 3.86. The fourth-order valence-electron chi connectivity index (χ4n) is 9.74. The van der Waals surface area contributed by atoms with Gasteiger partial charge >= 0.3 is 0 Å². The number of benzene rings is 2. The van der Waals surface area contributed by atoms with Crippen molar-refractivity contribution in [3.63, 3.8) is 0 Å². The van der Waals surface area contributed by atoms with E-state index in [0.29, 0.717) is 43.6 Å². The van der Waals surface area contributed by atoms with Crippen molar-refractivity contribution in [1.82, 2.24) is 35.7 Å².